The third-order valence-electron chi connectivity index (χ3n) is 4.40. The van der Waals surface area contributed by atoms with E-state index < -0.39 is 4.87 Å². The van der Waals surface area contributed by atoms with Crippen molar-refractivity contribution in [1.29, 1.82) is 0 Å². The molecule has 1 aromatic carbocycles. The zero-order valence-electron chi connectivity index (χ0n) is 14.1. The van der Waals surface area contributed by atoms with E-state index in [4.69, 9.17) is 4.99 Å². The van der Waals surface area contributed by atoms with Crippen molar-refractivity contribution in [3.05, 3.63) is 64.7 Å². The summed E-state index contributed by atoms with van der Waals surface area (Å²) in [6.45, 7) is 8.14. The molecule has 3 aromatic rings. The van der Waals surface area contributed by atoms with Crippen molar-refractivity contribution in [3.63, 3.8) is 0 Å². The first-order valence-electron chi connectivity index (χ1n) is 7.89. The van der Waals surface area contributed by atoms with Crippen LogP contribution in [0.5, 0.6) is 0 Å². The second-order valence-electron chi connectivity index (χ2n) is 6.58. The molecule has 5 heteroatoms. The molecule has 0 aliphatic carbocycles. The maximum absolute atomic E-state index is 14.4. The van der Waals surface area contributed by atoms with Crippen molar-refractivity contribution in [1.82, 2.24) is 9.61 Å². The van der Waals surface area contributed by atoms with E-state index in [-0.39, 0.29) is 5.82 Å². The molecule has 122 valence electrons. The Labute approximate surface area is 144 Å². The van der Waals surface area contributed by atoms with Gasteiger partial charge >= 0.3 is 0 Å². The van der Waals surface area contributed by atoms with Crippen LogP contribution in [-0.2, 0) is 0 Å². The van der Waals surface area contributed by atoms with E-state index >= 15 is 0 Å². The summed E-state index contributed by atoms with van der Waals surface area (Å²) in [4.78, 5) is 5.15. The van der Waals surface area contributed by atoms with E-state index in [1.807, 2.05) is 30.6 Å². The summed E-state index contributed by atoms with van der Waals surface area (Å²) < 4.78 is 16.3. The molecule has 0 bridgehead atoms. The van der Waals surface area contributed by atoms with Gasteiger partial charge in [-0.2, -0.15) is 5.10 Å². The van der Waals surface area contributed by atoms with Crippen molar-refractivity contribution in [2.24, 2.45) is 4.99 Å². The molecule has 0 fully saturated rings. The number of hydrogen-bond acceptors (Lipinski definition) is 3. The minimum atomic E-state index is -0.418. The molecule has 0 unspecified atom stereocenters. The Balaban J connectivity index is 2.01. The molecule has 3 heterocycles. The van der Waals surface area contributed by atoms with Gasteiger partial charge in [0.05, 0.1) is 22.3 Å². The molecule has 0 saturated carbocycles. The topological polar surface area (TPSA) is 29.7 Å². The van der Waals surface area contributed by atoms with Gasteiger partial charge in [0.25, 0.3) is 0 Å². The predicted octanol–water partition coefficient (Wildman–Crippen LogP) is 4.77. The normalized spacial score (nSPS) is 16.1. The first-order valence-corrected chi connectivity index (χ1v) is 8.71. The van der Waals surface area contributed by atoms with Crippen LogP contribution in [0.2, 0.25) is 0 Å². The number of benzene rings is 1. The molecular formula is C19H18FN3S. The van der Waals surface area contributed by atoms with Crippen molar-refractivity contribution < 1.29 is 4.39 Å². The highest BCUT2D eigenvalue weighted by Crippen LogP contribution is 2.43. The SMILES string of the molecule is Cc1ccc2c(C3=NC(C)(C)Sc4c(F)cccc43)cnn2c1C. The fourth-order valence-electron chi connectivity index (χ4n) is 3.07. The first-order chi connectivity index (χ1) is 11.4. The molecule has 3 nitrogen and oxygen atoms in total. The number of nitrogens with zero attached hydrogens (tertiary/aromatic N) is 3. The van der Waals surface area contributed by atoms with Gasteiger partial charge in [0.15, 0.2) is 0 Å². The Morgan fingerprint density at radius 1 is 1.08 bits per heavy atom. The lowest BCUT2D eigenvalue weighted by Gasteiger charge is -2.28. The lowest BCUT2D eigenvalue weighted by Crippen LogP contribution is -2.22. The standard InChI is InChI=1S/C19H18FN3S/c1-11-8-9-16-14(10-21-23(16)12(11)2)17-13-6-5-7-15(20)18(13)24-19(3,4)22-17/h5-10H,1-4H3. The Bertz CT molecular complexity index is 1000. The highest BCUT2D eigenvalue weighted by atomic mass is 32.2. The van der Waals surface area contributed by atoms with Gasteiger partial charge in [0.1, 0.15) is 10.7 Å². The number of rotatable bonds is 1. The van der Waals surface area contributed by atoms with Gasteiger partial charge in [-0.1, -0.05) is 30.0 Å². The Morgan fingerprint density at radius 2 is 1.88 bits per heavy atom. The quantitative estimate of drug-likeness (QED) is 0.639. The summed E-state index contributed by atoms with van der Waals surface area (Å²) in [6, 6.07) is 9.33. The van der Waals surface area contributed by atoms with Crippen LogP contribution in [-0.4, -0.2) is 20.2 Å². The van der Waals surface area contributed by atoms with Crippen LogP contribution < -0.4 is 0 Å². The average Bonchev–Trinajstić information content (AvgIpc) is 2.95. The van der Waals surface area contributed by atoms with Crippen LogP contribution in [0.1, 0.15) is 36.2 Å². The lowest BCUT2D eigenvalue weighted by molar-refractivity contribution is 0.597. The molecule has 0 spiro atoms. The third-order valence-corrected chi connectivity index (χ3v) is 5.61. The summed E-state index contributed by atoms with van der Waals surface area (Å²) >= 11 is 1.46. The van der Waals surface area contributed by atoms with Crippen LogP contribution in [0.25, 0.3) is 5.52 Å². The molecule has 1 aliphatic rings. The number of aromatic nitrogens is 2. The molecule has 0 radical (unpaired) electrons. The summed E-state index contributed by atoms with van der Waals surface area (Å²) in [6.07, 6.45) is 1.83. The maximum atomic E-state index is 14.4. The Hall–Kier alpha value is -2.14. The molecule has 0 N–H and O–H groups in total. The molecule has 0 amide bonds. The smallest absolute Gasteiger partial charge is 0.137 e. The number of aryl methyl sites for hydroxylation is 2. The lowest BCUT2D eigenvalue weighted by atomic mass is 10.0. The van der Waals surface area contributed by atoms with E-state index in [0.29, 0.717) is 4.90 Å². The molecule has 4 rings (SSSR count). The Kier molecular flexibility index (Phi) is 3.32. The van der Waals surface area contributed by atoms with E-state index in [9.17, 15) is 4.39 Å². The fourth-order valence-corrected chi connectivity index (χ4v) is 4.14. The zero-order valence-corrected chi connectivity index (χ0v) is 14.9. The van der Waals surface area contributed by atoms with Crippen molar-refractivity contribution in [2.75, 3.05) is 0 Å². The number of halogens is 1. The van der Waals surface area contributed by atoms with Crippen molar-refractivity contribution >= 4 is 23.0 Å². The molecule has 0 saturated heterocycles. The van der Waals surface area contributed by atoms with Gasteiger partial charge in [0.2, 0.25) is 0 Å². The summed E-state index contributed by atoms with van der Waals surface area (Å²) in [5.74, 6) is -0.193. The van der Waals surface area contributed by atoms with Crippen LogP contribution in [0.3, 0.4) is 0 Å². The highest BCUT2D eigenvalue weighted by molar-refractivity contribution is 8.00. The predicted molar refractivity (Wildman–Crippen MR) is 96.6 cm³/mol. The molecule has 2 aromatic heterocycles. The number of fused-ring (bicyclic) bond motifs is 2. The third kappa shape index (κ3) is 2.26. The van der Waals surface area contributed by atoms with Gasteiger partial charge in [-0.25, -0.2) is 8.91 Å². The number of pyridine rings is 1. The van der Waals surface area contributed by atoms with Crippen LogP contribution in [0.15, 0.2) is 46.4 Å². The number of hydrogen-bond donors (Lipinski definition) is 0. The van der Waals surface area contributed by atoms with Gasteiger partial charge in [-0.15, -0.1) is 0 Å². The van der Waals surface area contributed by atoms with Gasteiger partial charge in [0, 0.05) is 16.8 Å². The van der Waals surface area contributed by atoms with E-state index in [2.05, 4.69) is 31.1 Å². The number of thioether (sulfide) groups is 1. The molecule has 0 atom stereocenters. The van der Waals surface area contributed by atoms with Crippen LogP contribution >= 0.6 is 11.8 Å². The second-order valence-corrected chi connectivity index (χ2v) is 8.19. The average molecular weight is 339 g/mol. The second kappa shape index (κ2) is 5.18. The van der Waals surface area contributed by atoms with E-state index in [1.54, 1.807) is 6.07 Å². The van der Waals surface area contributed by atoms with E-state index in [1.165, 1.54) is 23.4 Å². The summed E-state index contributed by atoms with van der Waals surface area (Å²) in [5.41, 5.74) is 5.88. The molecule has 1 aliphatic heterocycles. The minimum absolute atomic E-state index is 0.193. The molecular weight excluding hydrogens is 321 g/mol. The van der Waals surface area contributed by atoms with Crippen LogP contribution in [0.4, 0.5) is 4.39 Å². The minimum Gasteiger partial charge on any atom is -0.267 e. The first kappa shape index (κ1) is 15.4. The highest BCUT2D eigenvalue weighted by Gasteiger charge is 2.31. The van der Waals surface area contributed by atoms with Gasteiger partial charge in [-0.3, -0.25) is 4.99 Å². The monoisotopic (exact) mass is 339 g/mol. The summed E-state index contributed by atoms with van der Waals surface area (Å²) in [5, 5.41) is 4.53. The van der Waals surface area contributed by atoms with Crippen molar-refractivity contribution in [2.45, 2.75) is 37.5 Å². The fraction of sp³-hybridized carbons (Fsp3) is 0.263. The number of aliphatic imine (C=N–C) groups is 1. The largest absolute Gasteiger partial charge is 0.267 e. The summed E-state index contributed by atoms with van der Waals surface area (Å²) in [7, 11) is 0. The van der Waals surface area contributed by atoms with Gasteiger partial charge < -0.3 is 0 Å². The molecule has 24 heavy (non-hydrogen) atoms. The van der Waals surface area contributed by atoms with Crippen molar-refractivity contribution in [3.8, 4) is 0 Å². The van der Waals surface area contributed by atoms with Gasteiger partial charge in [-0.05, 0) is 45.4 Å². The Morgan fingerprint density at radius 3 is 2.67 bits per heavy atom. The van der Waals surface area contributed by atoms with E-state index in [0.717, 1.165) is 28.0 Å². The van der Waals surface area contributed by atoms with Crippen LogP contribution in [0, 0.1) is 19.7 Å². The zero-order chi connectivity index (χ0) is 17.1. The maximum Gasteiger partial charge on any atom is 0.137 e.